The van der Waals surface area contributed by atoms with Crippen molar-refractivity contribution in [1.29, 1.82) is 0 Å². The molecule has 2 aromatic rings. The van der Waals surface area contributed by atoms with Gasteiger partial charge in [0, 0.05) is 0 Å². The van der Waals surface area contributed by atoms with E-state index in [2.05, 4.69) is 10.3 Å². The standard InChI is InChI=1S/C12H16N4O2/c1-2-17-10-3-5-11(6-4-10)18-8-7-16-9-12(13)14-15-16/h3-6,9H,2,7-8,13H2,1H3. The molecule has 0 saturated heterocycles. The van der Waals surface area contributed by atoms with E-state index in [1.54, 1.807) is 10.9 Å². The summed E-state index contributed by atoms with van der Waals surface area (Å²) in [4.78, 5) is 0. The molecule has 1 aromatic carbocycles. The Hall–Kier alpha value is -2.24. The van der Waals surface area contributed by atoms with Crippen LogP contribution >= 0.6 is 0 Å². The second-order valence-electron chi connectivity index (χ2n) is 3.66. The van der Waals surface area contributed by atoms with Crippen molar-refractivity contribution in [1.82, 2.24) is 15.0 Å². The van der Waals surface area contributed by atoms with Gasteiger partial charge in [0.25, 0.3) is 0 Å². The third kappa shape index (κ3) is 3.38. The van der Waals surface area contributed by atoms with Crippen LogP contribution in [0.2, 0.25) is 0 Å². The molecule has 1 heterocycles. The van der Waals surface area contributed by atoms with E-state index in [0.717, 1.165) is 11.5 Å². The van der Waals surface area contributed by atoms with Crippen LogP contribution in [0.4, 0.5) is 5.82 Å². The zero-order chi connectivity index (χ0) is 12.8. The van der Waals surface area contributed by atoms with Gasteiger partial charge in [-0.2, -0.15) is 0 Å². The zero-order valence-electron chi connectivity index (χ0n) is 10.2. The third-order valence-corrected chi connectivity index (χ3v) is 2.28. The summed E-state index contributed by atoms with van der Waals surface area (Å²) in [7, 11) is 0. The first kappa shape index (κ1) is 12.2. The molecule has 0 aliphatic carbocycles. The summed E-state index contributed by atoms with van der Waals surface area (Å²) in [5, 5.41) is 7.52. The van der Waals surface area contributed by atoms with E-state index >= 15 is 0 Å². The first-order valence-corrected chi connectivity index (χ1v) is 5.79. The van der Waals surface area contributed by atoms with E-state index in [1.807, 2.05) is 31.2 Å². The van der Waals surface area contributed by atoms with Crippen LogP contribution in [0.25, 0.3) is 0 Å². The Morgan fingerprint density at radius 2 is 1.83 bits per heavy atom. The molecular weight excluding hydrogens is 232 g/mol. The Labute approximate surface area is 105 Å². The molecular formula is C12H16N4O2. The van der Waals surface area contributed by atoms with E-state index < -0.39 is 0 Å². The third-order valence-electron chi connectivity index (χ3n) is 2.28. The molecule has 0 bridgehead atoms. The smallest absolute Gasteiger partial charge is 0.165 e. The minimum absolute atomic E-state index is 0.413. The van der Waals surface area contributed by atoms with Crippen LogP contribution in [0.5, 0.6) is 11.5 Å². The molecule has 96 valence electrons. The molecule has 0 atom stereocenters. The maximum atomic E-state index is 5.57. The van der Waals surface area contributed by atoms with Gasteiger partial charge in [0.1, 0.15) is 18.1 Å². The summed E-state index contributed by atoms with van der Waals surface area (Å²) in [6.07, 6.45) is 1.67. The Bertz CT molecular complexity index is 481. The fourth-order valence-electron chi connectivity index (χ4n) is 1.48. The van der Waals surface area contributed by atoms with E-state index in [-0.39, 0.29) is 0 Å². The summed E-state index contributed by atoms with van der Waals surface area (Å²) in [6.45, 7) is 3.73. The van der Waals surface area contributed by atoms with E-state index in [0.29, 0.717) is 25.6 Å². The maximum Gasteiger partial charge on any atom is 0.165 e. The number of nitrogen functional groups attached to an aromatic ring is 1. The van der Waals surface area contributed by atoms with Gasteiger partial charge < -0.3 is 15.2 Å². The molecule has 1 aromatic heterocycles. The van der Waals surface area contributed by atoms with Gasteiger partial charge in [-0.1, -0.05) is 5.21 Å². The topological polar surface area (TPSA) is 75.2 Å². The number of nitrogens with two attached hydrogens (primary N) is 1. The first-order valence-electron chi connectivity index (χ1n) is 5.79. The van der Waals surface area contributed by atoms with Gasteiger partial charge in [-0.25, -0.2) is 4.68 Å². The fourth-order valence-corrected chi connectivity index (χ4v) is 1.48. The number of benzene rings is 1. The van der Waals surface area contributed by atoms with Crippen molar-refractivity contribution in [2.45, 2.75) is 13.5 Å². The summed E-state index contributed by atoms with van der Waals surface area (Å²) < 4.78 is 12.6. The van der Waals surface area contributed by atoms with Crippen molar-refractivity contribution in [3.8, 4) is 11.5 Å². The highest BCUT2D eigenvalue weighted by atomic mass is 16.5. The van der Waals surface area contributed by atoms with Crippen molar-refractivity contribution >= 4 is 5.82 Å². The van der Waals surface area contributed by atoms with Crippen LogP contribution in [-0.4, -0.2) is 28.2 Å². The molecule has 0 fully saturated rings. The Balaban J connectivity index is 1.79. The molecule has 0 saturated carbocycles. The number of hydrogen-bond acceptors (Lipinski definition) is 5. The molecule has 0 unspecified atom stereocenters. The van der Waals surface area contributed by atoms with Gasteiger partial charge in [0.2, 0.25) is 0 Å². The second kappa shape index (κ2) is 5.90. The SMILES string of the molecule is CCOc1ccc(OCCn2cc(N)nn2)cc1. The zero-order valence-corrected chi connectivity index (χ0v) is 10.2. The van der Waals surface area contributed by atoms with Gasteiger partial charge in [-0.3, -0.25) is 0 Å². The molecule has 6 nitrogen and oxygen atoms in total. The van der Waals surface area contributed by atoms with Gasteiger partial charge in [0.05, 0.1) is 19.3 Å². The van der Waals surface area contributed by atoms with E-state index in [9.17, 15) is 0 Å². The average Bonchev–Trinajstić information content (AvgIpc) is 2.78. The lowest BCUT2D eigenvalue weighted by Crippen LogP contribution is -2.08. The normalized spacial score (nSPS) is 10.3. The molecule has 0 spiro atoms. The lowest BCUT2D eigenvalue weighted by atomic mass is 10.3. The summed E-state index contributed by atoms with van der Waals surface area (Å²) in [5.41, 5.74) is 5.46. The maximum absolute atomic E-state index is 5.57. The van der Waals surface area contributed by atoms with Crippen LogP contribution in [-0.2, 0) is 6.54 Å². The highest BCUT2D eigenvalue weighted by Gasteiger charge is 1.98. The quantitative estimate of drug-likeness (QED) is 0.834. The van der Waals surface area contributed by atoms with Crippen LogP contribution in [0.15, 0.2) is 30.5 Å². The Morgan fingerprint density at radius 1 is 1.17 bits per heavy atom. The summed E-state index contributed by atoms with van der Waals surface area (Å²) >= 11 is 0. The van der Waals surface area contributed by atoms with Crippen LogP contribution < -0.4 is 15.2 Å². The molecule has 0 aliphatic heterocycles. The summed E-state index contributed by atoms with van der Waals surface area (Å²) in [6, 6.07) is 7.51. The van der Waals surface area contributed by atoms with Crippen molar-refractivity contribution in [2.75, 3.05) is 18.9 Å². The van der Waals surface area contributed by atoms with E-state index in [1.165, 1.54) is 0 Å². The number of ether oxygens (including phenoxy) is 2. The molecule has 6 heteroatoms. The number of anilines is 1. The number of aromatic nitrogens is 3. The van der Waals surface area contributed by atoms with Gasteiger partial charge >= 0.3 is 0 Å². The highest BCUT2D eigenvalue weighted by molar-refractivity contribution is 5.31. The number of nitrogens with zero attached hydrogens (tertiary/aromatic N) is 3. The van der Waals surface area contributed by atoms with Crippen LogP contribution in [0.3, 0.4) is 0 Å². The molecule has 2 rings (SSSR count). The molecule has 0 aliphatic rings. The molecule has 0 amide bonds. The number of hydrogen-bond donors (Lipinski definition) is 1. The minimum atomic E-state index is 0.413. The van der Waals surface area contributed by atoms with Crippen LogP contribution in [0, 0.1) is 0 Å². The van der Waals surface area contributed by atoms with Gasteiger partial charge in [-0.05, 0) is 31.2 Å². The van der Waals surface area contributed by atoms with Crippen LogP contribution in [0.1, 0.15) is 6.92 Å². The lowest BCUT2D eigenvalue weighted by molar-refractivity contribution is 0.288. The molecule has 18 heavy (non-hydrogen) atoms. The van der Waals surface area contributed by atoms with Gasteiger partial charge in [0.15, 0.2) is 5.82 Å². The van der Waals surface area contributed by atoms with Crippen molar-refractivity contribution in [3.05, 3.63) is 30.5 Å². The summed E-state index contributed by atoms with van der Waals surface area (Å²) in [5.74, 6) is 2.05. The highest BCUT2D eigenvalue weighted by Crippen LogP contribution is 2.17. The average molecular weight is 248 g/mol. The number of rotatable bonds is 6. The second-order valence-corrected chi connectivity index (χ2v) is 3.66. The minimum Gasteiger partial charge on any atom is -0.494 e. The predicted molar refractivity (Wildman–Crippen MR) is 67.5 cm³/mol. The Kier molecular flexibility index (Phi) is 4.01. The fraction of sp³-hybridized carbons (Fsp3) is 0.333. The first-order chi connectivity index (χ1) is 8.78. The predicted octanol–water partition coefficient (Wildman–Crippen LogP) is 1.34. The Morgan fingerprint density at radius 3 is 2.39 bits per heavy atom. The lowest BCUT2D eigenvalue weighted by Gasteiger charge is -2.07. The largest absolute Gasteiger partial charge is 0.494 e. The van der Waals surface area contributed by atoms with Gasteiger partial charge in [-0.15, -0.1) is 5.10 Å². The van der Waals surface area contributed by atoms with Crippen molar-refractivity contribution in [2.24, 2.45) is 0 Å². The van der Waals surface area contributed by atoms with E-state index in [4.69, 9.17) is 15.2 Å². The monoisotopic (exact) mass is 248 g/mol. The van der Waals surface area contributed by atoms with Crippen molar-refractivity contribution < 1.29 is 9.47 Å². The molecule has 0 radical (unpaired) electrons. The van der Waals surface area contributed by atoms with Crippen molar-refractivity contribution in [3.63, 3.8) is 0 Å². The molecule has 2 N–H and O–H groups in total.